The molecule has 2 rings (SSSR count). The average molecular weight is 224 g/mol. The van der Waals surface area contributed by atoms with Crippen molar-refractivity contribution in [3.05, 3.63) is 17.2 Å². The van der Waals surface area contributed by atoms with Crippen molar-refractivity contribution < 1.29 is 9.47 Å². The number of H-pyrrole nitrogens is 1. The van der Waals surface area contributed by atoms with Crippen LogP contribution in [0.2, 0.25) is 0 Å². The van der Waals surface area contributed by atoms with Crippen LogP contribution >= 0.6 is 0 Å². The van der Waals surface area contributed by atoms with Crippen molar-refractivity contribution in [1.29, 1.82) is 0 Å². The first kappa shape index (κ1) is 11.6. The summed E-state index contributed by atoms with van der Waals surface area (Å²) in [5, 5.41) is 0. The Balaban J connectivity index is 1.87. The minimum absolute atomic E-state index is 0.560. The monoisotopic (exact) mass is 224 g/mol. The highest BCUT2D eigenvalue weighted by Gasteiger charge is 2.18. The lowest BCUT2D eigenvalue weighted by Gasteiger charge is -2.15. The van der Waals surface area contributed by atoms with Crippen LogP contribution in [0.4, 0.5) is 0 Å². The molecule has 0 radical (unpaired) electrons. The Hall–Kier alpha value is -0.870. The molecule has 16 heavy (non-hydrogen) atoms. The third-order valence-corrected chi connectivity index (χ3v) is 3.01. The fourth-order valence-corrected chi connectivity index (χ4v) is 2.09. The van der Waals surface area contributed by atoms with Gasteiger partial charge in [0.05, 0.1) is 18.9 Å². The largest absolute Gasteiger partial charge is 0.382 e. The normalized spacial score (nSPS) is 19.8. The number of rotatable bonds is 5. The lowest BCUT2D eigenvalue weighted by atomic mass is 9.92. The summed E-state index contributed by atoms with van der Waals surface area (Å²) in [4.78, 5) is 7.93. The lowest BCUT2D eigenvalue weighted by Crippen LogP contribution is -2.10. The maximum Gasteiger partial charge on any atom is 0.132 e. The van der Waals surface area contributed by atoms with E-state index >= 15 is 0 Å². The molecule has 1 aromatic rings. The first-order valence-corrected chi connectivity index (χ1v) is 5.93. The third-order valence-electron chi connectivity index (χ3n) is 3.01. The van der Waals surface area contributed by atoms with Crippen molar-refractivity contribution in [1.82, 2.24) is 9.97 Å². The summed E-state index contributed by atoms with van der Waals surface area (Å²) in [6.45, 7) is 4.11. The summed E-state index contributed by atoms with van der Waals surface area (Å²) in [6.07, 6.45) is 3.48. The Kier molecular flexibility index (Phi) is 3.96. The summed E-state index contributed by atoms with van der Waals surface area (Å²) in [6, 6.07) is 0. The van der Waals surface area contributed by atoms with Gasteiger partial charge in [0.1, 0.15) is 12.4 Å². The fraction of sp³-hybridized carbons (Fsp3) is 0.750. The van der Waals surface area contributed by atoms with Crippen LogP contribution in [0.15, 0.2) is 0 Å². The van der Waals surface area contributed by atoms with Crippen molar-refractivity contribution >= 4 is 0 Å². The Bertz CT molecular complexity index is 336. The summed E-state index contributed by atoms with van der Waals surface area (Å²) in [5.74, 6) is 1.73. The van der Waals surface area contributed by atoms with E-state index in [0.29, 0.717) is 19.8 Å². The van der Waals surface area contributed by atoms with Gasteiger partial charge in [-0.05, 0) is 25.2 Å². The van der Waals surface area contributed by atoms with Gasteiger partial charge in [0.15, 0.2) is 0 Å². The summed E-state index contributed by atoms with van der Waals surface area (Å²) in [5.41, 5.74) is 2.55. The summed E-state index contributed by atoms with van der Waals surface area (Å²) < 4.78 is 10.4. The van der Waals surface area contributed by atoms with Gasteiger partial charge < -0.3 is 14.5 Å². The summed E-state index contributed by atoms with van der Waals surface area (Å²) >= 11 is 0. The second kappa shape index (κ2) is 5.46. The van der Waals surface area contributed by atoms with Crippen LogP contribution < -0.4 is 0 Å². The zero-order valence-corrected chi connectivity index (χ0v) is 10.1. The third kappa shape index (κ3) is 2.83. The van der Waals surface area contributed by atoms with E-state index in [4.69, 9.17) is 9.47 Å². The van der Waals surface area contributed by atoms with E-state index in [1.165, 1.54) is 17.8 Å². The van der Waals surface area contributed by atoms with Crippen LogP contribution in [0.5, 0.6) is 0 Å². The van der Waals surface area contributed by atoms with E-state index < -0.39 is 0 Å². The molecule has 0 spiro atoms. The van der Waals surface area contributed by atoms with Crippen LogP contribution in [-0.2, 0) is 28.9 Å². The van der Waals surface area contributed by atoms with Gasteiger partial charge >= 0.3 is 0 Å². The molecule has 1 aliphatic carbocycles. The standard InChI is InChI=1S/C12H20N2O2/c1-9-3-4-10-11(7-9)14-12(13-10)8-16-6-5-15-2/h9H,3-8H2,1-2H3,(H,13,14). The van der Waals surface area contributed by atoms with E-state index in [1.807, 2.05) is 0 Å². The number of ether oxygens (including phenoxy) is 2. The second-order valence-corrected chi connectivity index (χ2v) is 4.50. The van der Waals surface area contributed by atoms with E-state index in [2.05, 4.69) is 16.9 Å². The van der Waals surface area contributed by atoms with Crippen LogP contribution in [0.25, 0.3) is 0 Å². The number of aromatic nitrogens is 2. The highest BCUT2D eigenvalue weighted by molar-refractivity contribution is 5.18. The molecule has 4 nitrogen and oxygen atoms in total. The molecule has 1 aromatic heterocycles. The number of aromatic amines is 1. The molecule has 0 bridgehead atoms. The smallest absolute Gasteiger partial charge is 0.132 e. The van der Waals surface area contributed by atoms with E-state index in [1.54, 1.807) is 7.11 Å². The van der Waals surface area contributed by atoms with Gasteiger partial charge in [-0.3, -0.25) is 0 Å². The quantitative estimate of drug-likeness (QED) is 0.774. The average Bonchev–Trinajstić information content (AvgIpc) is 2.66. The van der Waals surface area contributed by atoms with Crippen LogP contribution in [0.3, 0.4) is 0 Å². The number of nitrogens with one attached hydrogen (secondary N) is 1. The molecule has 0 fully saturated rings. The van der Waals surface area contributed by atoms with Crippen LogP contribution in [-0.4, -0.2) is 30.3 Å². The lowest BCUT2D eigenvalue weighted by molar-refractivity contribution is 0.0588. The Labute approximate surface area is 96.4 Å². The predicted molar refractivity (Wildman–Crippen MR) is 61.3 cm³/mol. The Morgan fingerprint density at radius 1 is 1.44 bits per heavy atom. The molecule has 0 amide bonds. The minimum atomic E-state index is 0.560. The molecule has 0 saturated heterocycles. The molecule has 0 saturated carbocycles. The molecule has 0 aliphatic heterocycles. The zero-order valence-electron chi connectivity index (χ0n) is 10.1. The fourth-order valence-electron chi connectivity index (χ4n) is 2.09. The van der Waals surface area contributed by atoms with Crippen molar-refractivity contribution in [3.8, 4) is 0 Å². The molecule has 1 atom stereocenters. The highest BCUT2D eigenvalue weighted by atomic mass is 16.5. The predicted octanol–water partition coefficient (Wildman–Crippen LogP) is 1.70. The van der Waals surface area contributed by atoms with Crippen molar-refractivity contribution in [2.45, 2.75) is 32.8 Å². The Morgan fingerprint density at radius 2 is 2.31 bits per heavy atom. The van der Waals surface area contributed by atoms with Crippen molar-refractivity contribution in [2.24, 2.45) is 5.92 Å². The molecule has 1 heterocycles. The zero-order chi connectivity index (χ0) is 11.4. The number of hydrogen-bond acceptors (Lipinski definition) is 3. The number of hydrogen-bond donors (Lipinski definition) is 1. The molecule has 1 unspecified atom stereocenters. The summed E-state index contributed by atoms with van der Waals surface area (Å²) in [7, 11) is 1.68. The molecule has 4 heteroatoms. The van der Waals surface area contributed by atoms with Crippen LogP contribution in [0, 0.1) is 5.92 Å². The van der Waals surface area contributed by atoms with Gasteiger partial charge in [-0.25, -0.2) is 4.98 Å². The first-order chi connectivity index (χ1) is 7.79. The van der Waals surface area contributed by atoms with E-state index in [9.17, 15) is 0 Å². The van der Waals surface area contributed by atoms with Gasteiger partial charge in [-0.2, -0.15) is 0 Å². The van der Waals surface area contributed by atoms with Crippen molar-refractivity contribution in [2.75, 3.05) is 20.3 Å². The van der Waals surface area contributed by atoms with Gasteiger partial charge in [-0.1, -0.05) is 6.92 Å². The number of fused-ring (bicyclic) bond motifs is 1. The molecular formula is C12H20N2O2. The molecule has 0 aromatic carbocycles. The van der Waals surface area contributed by atoms with Crippen LogP contribution in [0.1, 0.15) is 30.6 Å². The molecule has 1 N–H and O–H groups in total. The molecular weight excluding hydrogens is 204 g/mol. The number of aryl methyl sites for hydroxylation is 1. The van der Waals surface area contributed by atoms with E-state index in [-0.39, 0.29) is 0 Å². The van der Waals surface area contributed by atoms with Gasteiger partial charge in [-0.15, -0.1) is 0 Å². The second-order valence-electron chi connectivity index (χ2n) is 4.50. The number of methoxy groups -OCH3 is 1. The topological polar surface area (TPSA) is 47.1 Å². The highest BCUT2D eigenvalue weighted by Crippen LogP contribution is 2.23. The van der Waals surface area contributed by atoms with E-state index in [0.717, 1.165) is 24.6 Å². The van der Waals surface area contributed by atoms with Gasteiger partial charge in [0, 0.05) is 12.8 Å². The van der Waals surface area contributed by atoms with Gasteiger partial charge in [0.25, 0.3) is 0 Å². The maximum absolute atomic E-state index is 5.45. The number of nitrogens with zero attached hydrogens (tertiary/aromatic N) is 1. The van der Waals surface area contributed by atoms with Crippen molar-refractivity contribution in [3.63, 3.8) is 0 Å². The minimum Gasteiger partial charge on any atom is -0.382 e. The van der Waals surface area contributed by atoms with Gasteiger partial charge in [0.2, 0.25) is 0 Å². The number of imidazole rings is 1. The maximum atomic E-state index is 5.45. The SMILES string of the molecule is COCCOCc1nc2c([nH]1)CC(C)CC2. The molecule has 1 aliphatic rings. The first-order valence-electron chi connectivity index (χ1n) is 5.93. The molecule has 90 valence electrons. The Morgan fingerprint density at radius 3 is 3.12 bits per heavy atom.